The number of amides is 1. The quantitative estimate of drug-likeness (QED) is 0.252. The minimum absolute atomic E-state index is 0.00948. The lowest BCUT2D eigenvalue weighted by Gasteiger charge is -2.16. The SMILES string of the molecule is C=CCn1c(S[C@@H](C)C(=O)Nc2cc(C(F)(F)F)ccc2Cl)nc2sc3c(c2c1=O)CCC3. The summed E-state index contributed by atoms with van der Waals surface area (Å²) in [6, 6.07) is 2.73. The van der Waals surface area contributed by atoms with Crippen molar-refractivity contribution in [1.29, 1.82) is 0 Å². The number of allylic oxidation sites excluding steroid dienone is 1. The number of aromatic nitrogens is 2. The summed E-state index contributed by atoms with van der Waals surface area (Å²) in [5.74, 6) is -0.561. The minimum Gasteiger partial charge on any atom is -0.324 e. The van der Waals surface area contributed by atoms with Gasteiger partial charge in [0, 0.05) is 11.4 Å². The highest BCUT2D eigenvalue weighted by molar-refractivity contribution is 8.00. The van der Waals surface area contributed by atoms with Crippen molar-refractivity contribution in [2.75, 3.05) is 5.32 Å². The molecule has 1 atom stereocenters. The van der Waals surface area contributed by atoms with Crippen LogP contribution in [0.5, 0.6) is 0 Å². The normalized spacial score (nSPS) is 14.3. The molecule has 1 N–H and O–H groups in total. The Morgan fingerprint density at radius 3 is 2.88 bits per heavy atom. The summed E-state index contributed by atoms with van der Waals surface area (Å²) < 4.78 is 40.5. The Morgan fingerprint density at radius 1 is 1.42 bits per heavy atom. The molecular formula is C22H19ClF3N3O2S2. The van der Waals surface area contributed by atoms with Gasteiger partial charge in [-0.15, -0.1) is 17.9 Å². The molecular weight excluding hydrogens is 495 g/mol. The third kappa shape index (κ3) is 4.69. The van der Waals surface area contributed by atoms with Crippen LogP contribution < -0.4 is 10.9 Å². The van der Waals surface area contributed by atoms with Gasteiger partial charge in [-0.05, 0) is 49.9 Å². The number of thiophene rings is 1. The molecule has 5 nitrogen and oxygen atoms in total. The van der Waals surface area contributed by atoms with Crippen LogP contribution in [0.4, 0.5) is 18.9 Å². The molecule has 33 heavy (non-hydrogen) atoms. The molecule has 0 unspecified atom stereocenters. The zero-order valence-corrected chi connectivity index (χ0v) is 19.9. The number of carbonyl (C=O) groups excluding carboxylic acids is 1. The van der Waals surface area contributed by atoms with Crippen molar-refractivity contribution in [3.8, 4) is 0 Å². The molecule has 4 rings (SSSR count). The Balaban J connectivity index is 1.62. The van der Waals surface area contributed by atoms with Crippen LogP contribution in [0.2, 0.25) is 5.02 Å². The fourth-order valence-electron chi connectivity index (χ4n) is 3.68. The number of fused-ring (bicyclic) bond motifs is 3. The Hall–Kier alpha value is -2.30. The van der Waals surface area contributed by atoms with Crippen LogP contribution >= 0.6 is 34.7 Å². The molecule has 2 heterocycles. The van der Waals surface area contributed by atoms with E-state index in [4.69, 9.17) is 11.6 Å². The van der Waals surface area contributed by atoms with Crippen LogP contribution in [0.1, 0.15) is 29.3 Å². The highest BCUT2D eigenvalue weighted by Gasteiger charge is 2.31. The van der Waals surface area contributed by atoms with E-state index < -0.39 is 22.9 Å². The van der Waals surface area contributed by atoms with E-state index in [0.29, 0.717) is 15.4 Å². The van der Waals surface area contributed by atoms with E-state index in [2.05, 4.69) is 16.9 Å². The molecule has 0 aliphatic heterocycles. The second-order valence-corrected chi connectivity index (χ2v) is 10.4. The molecule has 174 valence electrons. The number of halogens is 4. The largest absolute Gasteiger partial charge is 0.416 e. The zero-order chi connectivity index (χ0) is 23.9. The minimum atomic E-state index is -4.56. The Labute approximate surface area is 200 Å². The van der Waals surface area contributed by atoms with Crippen LogP contribution in [0, 0.1) is 0 Å². The predicted octanol–water partition coefficient (Wildman–Crippen LogP) is 5.92. The summed E-state index contributed by atoms with van der Waals surface area (Å²) in [6.07, 6.45) is -0.187. The van der Waals surface area contributed by atoms with Gasteiger partial charge in [0.05, 0.1) is 26.9 Å². The van der Waals surface area contributed by atoms with E-state index in [1.807, 2.05) is 0 Å². The number of hydrogen-bond donors (Lipinski definition) is 1. The molecule has 1 aliphatic carbocycles. The Bertz CT molecular complexity index is 1320. The number of carbonyl (C=O) groups is 1. The fraction of sp³-hybridized carbons (Fsp3) is 0.318. The van der Waals surface area contributed by atoms with Gasteiger partial charge in [-0.25, -0.2) is 4.98 Å². The molecule has 2 aromatic heterocycles. The van der Waals surface area contributed by atoms with Gasteiger partial charge in [-0.1, -0.05) is 29.4 Å². The third-order valence-electron chi connectivity index (χ3n) is 5.30. The molecule has 1 aliphatic rings. The molecule has 0 saturated heterocycles. The maximum absolute atomic E-state index is 13.2. The van der Waals surface area contributed by atoms with Gasteiger partial charge in [0.1, 0.15) is 4.83 Å². The van der Waals surface area contributed by atoms with Crippen molar-refractivity contribution in [3.05, 3.63) is 62.2 Å². The first kappa shape index (κ1) is 23.8. The summed E-state index contributed by atoms with van der Waals surface area (Å²) >= 11 is 8.54. The summed E-state index contributed by atoms with van der Waals surface area (Å²) in [7, 11) is 0. The summed E-state index contributed by atoms with van der Waals surface area (Å²) in [4.78, 5) is 32.4. The second-order valence-electron chi connectivity index (χ2n) is 7.58. The van der Waals surface area contributed by atoms with Crippen molar-refractivity contribution in [2.45, 2.75) is 49.3 Å². The summed E-state index contributed by atoms with van der Waals surface area (Å²) in [5, 5.41) is 2.67. The van der Waals surface area contributed by atoms with Gasteiger partial charge in [-0.2, -0.15) is 13.2 Å². The number of rotatable bonds is 6. The molecule has 1 aromatic carbocycles. The van der Waals surface area contributed by atoms with Gasteiger partial charge < -0.3 is 5.32 Å². The summed E-state index contributed by atoms with van der Waals surface area (Å²) in [6.45, 7) is 5.52. The highest BCUT2D eigenvalue weighted by Crippen LogP contribution is 2.37. The number of alkyl halides is 3. The van der Waals surface area contributed by atoms with Crippen LogP contribution in [0.15, 0.2) is 40.8 Å². The monoisotopic (exact) mass is 513 g/mol. The topological polar surface area (TPSA) is 64.0 Å². The molecule has 0 fully saturated rings. The van der Waals surface area contributed by atoms with Crippen LogP contribution in [0.3, 0.4) is 0 Å². The second kappa shape index (κ2) is 9.15. The van der Waals surface area contributed by atoms with E-state index >= 15 is 0 Å². The first-order valence-electron chi connectivity index (χ1n) is 10.1. The van der Waals surface area contributed by atoms with Gasteiger partial charge in [-0.3, -0.25) is 14.2 Å². The average molecular weight is 514 g/mol. The lowest BCUT2D eigenvalue weighted by atomic mass is 10.2. The fourth-order valence-corrected chi connectivity index (χ4v) is 6.07. The maximum atomic E-state index is 13.2. The van der Waals surface area contributed by atoms with E-state index in [1.165, 1.54) is 20.8 Å². The lowest BCUT2D eigenvalue weighted by Crippen LogP contribution is -2.27. The molecule has 0 radical (unpaired) electrons. The van der Waals surface area contributed by atoms with E-state index in [9.17, 15) is 22.8 Å². The molecule has 1 amide bonds. The molecule has 11 heteroatoms. The lowest BCUT2D eigenvalue weighted by molar-refractivity contribution is -0.137. The van der Waals surface area contributed by atoms with Gasteiger partial charge in [0.25, 0.3) is 5.56 Å². The number of hydrogen-bond acceptors (Lipinski definition) is 5. The standard InChI is InChI=1S/C22H19ClF3N3O2S2/c1-3-9-29-20(31)17-13-5-4-6-16(13)33-19(17)28-21(29)32-11(2)18(30)27-15-10-12(22(24,25)26)7-8-14(15)23/h3,7-8,10-11H,1,4-6,9H2,2H3,(H,27,30)/t11-/m0/s1. The van der Waals surface area contributed by atoms with Crippen LogP contribution in [-0.2, 0) is 30.4 Å². The smallest absolute Gasteiger partial charge is 0.324 e. The molecule has 0 saturated carbocycles. The maximum Gasteiger partial charge on any atom is 0.416 e. The first-order valence-corrected chi connectivity index (χ1v) is 12.2. The van der Waals surface area contributed by atoms with E-state index in [-0.39, 0.29) is 22.8 Å². The van der Waals surface area contributed by atoms with Crippen LogP contribution in [0.25, 0.3) is 10.2 Å². The van der Waals surface area contributed by atoms with Crippen LogP contribution in [-0.4, -0.2) is 20.7 Å². The molecule has 3 aromatic rings. The van der Waals surface area contributed by atoms with Crippen molar-refractivity contribution in [1.82, 2.24) is 9.55 Å². The molecule has 0 bridgehead atoms. The van der Waals surface area contributed by atoms with Gasteiger partial charge in [0.2, 0.25) is 5.91 Å². The average Bonchev–Trinajstić information content (AvgIpc) is 3.32. The Kier molecular flexibility index (Phi) is 6.61. The van der Waals surface area contributed by atoms with Gasteiger partial charge >= 0.3 is 6.18 Å². The number of nitrogens with zero attached hydrogens (tertiary/aromatic N) is 2. The van der Waals surface area contributed by atoms with Gasteiger partial charge in [0.15, 0.2) is 5.16 Å². The van der Waals surface area contributed by atoms with E-state index in [0.717, 1.165) is 54.8 Å². The number of anilines is 1. The number of benzene rings is 1. The zero-order valence-electron chi connectivity index (χ0n) is 17.5. The van der Waals surface area contributed by atoms with E-state index in [1.54, 1.807) is 13.0 Å². The number of thioether (sulfide) groups is 1. The highest BCUT2D eigenvalue weighted by atomic mass is 35.5. The first-order chi connectivity index (χ1) is 15.6. The predicted molar refractivity (Wildman–Crippen MR) is 127 cm³/mol. The number of aryl methyl sites for hydroxylation is 2. The van der Waals surface area contributed by atoms with Crippen molar-refractivity contribution in [2.24, 2.45) is 0 Å². The Morgan fingerprint density at radius 2 is 2.18 bits per heavy atom. The van der Waals surface area contributed by atoms with Crippen molar-refractivity contribution in [3.63, 3.8) is 0 Å². The third-order valence-corrected chi connectivity index (χ3v) is 7.91. The van der Waals surface area contributed by atoms with Crippen molar-refractivity contribution < 1.29 is 18.0 Å². The number of nitrogens with one attached hydrogen (secondary N) is 1. The summed E-state index contributed by atoms with van der Waals surface area (Å²) in [5.41, 5.74) is -0.159. The molecule has 0 spiro atoms. The van der Waals surface area contributed by atoms with Crippen molar-refractivity contribution >= 4 is 56.5 Å².